The van der Waals surface area contributed by atoms with E-state index in [0.717, 1.165) is 18.4 Å². The summed E-state index contributed by atoms with van der Waals surface area (Å²) < 4.78 is 5.35. The molecule has 1 aliphatic carbocycles. The fourth-order valence-corrected chi connectivity index (χ4v) is 5.27. The third-order valence-corrected chi connectivity index (χ3v) is 8.90. The zero-order valence-corrected chi connectivity index (χ0v) is 26.7. The van der Waals surface area contributed by atoms with Gasteiger partial charge in [-0.1, -0.05) is 53.2 Å². The monoisotopic (exact) mass is 612 g/mol. The van der Waals surface area contributed by atoms with Crippen LogP contribution in [0.3, 0.4) is 0 Å². The quantitative estimate of drug-likeness (QED) is 0.112. The van der Waals surface area contributed by atoms with E-state index in [2.05, 4.69) is 16.0 Å². The molecule has 11 nitrogen and oxygen atoms in total. The fourth-order valence-electron chi connectivity index (χ4n) is 5.27. The molecule has 0 spiro atoms. The Bertz CT molecular complexity index is 1210. The van der Waals surface area contributed by atoms with Gasteiger partial charge in [0.1, 0.15) is 12.0 Å². The minimum Gasteiger partial charge on any atom is -0.461 e. The van der Waals surface area contributed by atoms with Gasteiger partial charge in [0, 0.05) is 31.1 Å². The number of anilines is 1. The number of benzene rings is 1. The average Bonchev–Trinajstić information content (AvgIpc) is 3.25. The molecule has 1 saturated heterocycles. The van der Waals surface area contributed by atoms with Crippen LogP contribution in [-0.4, -0.2) is 60.0 Å². The summed E-state index contributed by atoms with van der Waals surface area (Å²) in [5.74, 6) is -1.77. The van der Waals surface area contributed by atoms with Gasteiger partial charge in [0.25, 0.3) is 0 Å². The van der Waals surface area contributed by atoms with E-state index in [1.54, 1.807) is 24.3 Å². The third-order valence-electron chi connectivity index (χ3n) is 8.90. The summed E-state index contributed by atoms with van der Waals surface area (Å²) in [6.45, 7) is 10.3. The van der Waals surface area contributed by atoms with Crippen molar-refractivity contribution in [2.24, 2.45) is 29.1 Å². The second-order valence-corrected chi connectivity index (χ2v) is 12.8. The molecule has 2 aliphatic rings. The van der Waals surface area contributed by atoms with Gasteiger partial charge < -0.3 is 20.7 Å². The van der Waals surface area contributed by atoms with Crippen LogP contribution in [0.25, 0.3) is 0 Å². The van der Waals surface area contributed by atoms with E-state index in [1.807, 2.05) is 34.6 Å². The smallest absolute Gasteiger partial charge is 0.309 e. The molecule has 1 saturated carbocycles. The Morgan fingerprint density at radius 3 is 2.16 bits per heavy atom. The summed E-state index contributed by atoms with van der Waals surface area (Å²) in [5, 5.41) is 8.19. The number of hydrogen-bond donors (Lipinski definition) is 3. The van der Waals surface area contributed by atoms with Crippen LogP contribution >= 0.6 is 0 Å². The van der Waals surface area contributed by atoms with E-state index in [0.29, 0.717) is 44.5 Å². The first-order valence-electron chi connectivity index (χ1n) is 15.8. The van der Waals surface area contributed by atoms with E-state index in [-0.39, 0.29) is 66.9 Å². The number of nitrogens with zero attached hydrogens (tertiary/aromatic N) is 1. The van der Waals surface area contributed by atoms with E-state index in [1.165, 1.54) is 4.90 Å². The van der Waals surface area contributed by atoms with Gasteiger partial charge in [-0.2, -0.15) is 0 Å². The summed E-state index contributed by atoms with van der Waals surface area (Å²) in [5.41, 5.74) is 0.145. The van der Waals surface area contributed by atoms with E-state index >= 15 is 0 Å². The maximum atomic E-state index is 13.0. The molecule has 3 rings (SSSR count). The molecular weight excluding hydrogens is 564 g/mol. The van der Waals surface area contributed by atoms with Gasteiger partial charge in [-0.15, -0.1) is 0 Å². The number of ether oxygens (including phenoxy) is 1. The maximum absolute atomic E-state index is 13.0. The summed E-state index contributed by atoms with van der Waals surface area (Å²) in [6, 6.07) is 6.89. The molecule has 0 radical (unpaired) electrons. The second-order valence-electron chi connectivity index (χ2n) is 12.8. The summed E-state index contributed by atoms with van der Waals surface area (Å²) in [7, 11) is 0. The predicted molar refractivity (Wildman–Crippen MR) is 165 cm³/mol. The van der Waals surface area contributed by atoms with Crippen molar-refractivity contribution in [1.82, 2.24) is 15.5 Å². The molecule has 242 valence electrons. The molecule has 2 unspecified atom stereocenters. The molecule has 0 aromatic heterocycles. The van der Waals surface area contributed by atoms with Crippen LogP contribution in [0.15, 0.2) is 24.3 Å². The highest BCUT2D eigenvalue weighted by atomic mass is 16.5. The summed E-state index contributed by atoms with van der Waals surface area (Å²) in [4.78, 5) is 76.4. The molecule has 0 bridgehead atoms. The fraction of sp³-hybridized carbons (Fsp3) is 0.636. The molecule has 1 aliphatic heterocycles. The molecule has 44 heavy (non-hydrogen) atoms. The van der Waals surface area contributed by atoms with Crippen molar-refractivity contribution in [2.75, 3.05) is 25.0 Å². The van der Waals surface area contributed by atoms with Crippen LogP contribution in [0.4, 0.5) is 5.69 Å². The van der Waals surface area contributed by atoms with Crippen molar-refractivity contribution < 1.29 is 33.5 Å². The van der Waals surface area contributed by atoms with Gasteiger partial charge in [-0.3, -0.25) is 33.7 Å². The number of likely N-dealkylation sites (tertiary alicyclic amines) is 1. The SMILES string of the molecule is CC(C)C(C)C(=O)OCc1ccc(NC(=O)CNC(=O)C2(C(=O)NCCCCCN3C(=O)CC(C(C)C)C3=O)CCC2)cc1. The highest BCUT2D eigenvalue weighted by Crippen LogP contribution is 2.41. The highest BCUT2D eigenvalue weighted by Gasteiger charge is 2.50. The van der Waals surface area contributed by atoms with Gasteiger partial charge in [0.2, 0.25) is 29.5 Å². The molecule has 1 heterocycles. The number of hydrogen-bond acceptors (Lipinski definition) is 7. The van der Waals surface area contributed by atoms with Crippen molar-refractivity contribution >= 4 is 41.2 Å². The van der Waals surface area contributed by atoms with E-state index < -0.39 is 17.2 Å². The van der Waals surface area contributed by atoms with Gasteiger partial charge in [-0.25, -0.2) is 0 Å². The minimum atomic E-state index is -1.17. The molecule has 5 amide bonds. The van der Waals surface area contributed by atoms with E-state index in [4.69, 9.17) is 4.74 Å². The zero-order valence-electron chi connectivity index (χ0n) is 26.7. The molecule has 3 N–H and O–H groups in total. The number of rotatable bonds is 16. The van der Waals surface area contributed by atoms with E-state index in [9.17, 15) is 28.8 Å². The highest BCUT2D eigenvalue weighted by molar-refractivity contribution is 6.07. The molecule has 11 heteroatoms. The van der Waals surface area contributed by atoms with Crippen LogP contribution in [0, 0.1) is 29.1 Å². The second kappa shape index (κ2) is 15.8. The van der Waals surface area contributed by atoms with Crippen molar-refractivity contribution in [3.8, 4) is 0 Å². The van der Waals surface area contributed by atoms with Gasteiger partial charge >= 0.3 is 5.97 Å². The lowest BCUT2D eigenvalue weighted by molar-refractivity contribution is -0.151. The average molecular weight is 613 g/mol. The number of unbranched alkanes of at least 4 members (excludes halogenated alkanes) is 2. The van der Waals surface area contributed by atoms with Crippen LogP contribution < -0.4 is 16.0 Å². The van der Waals surface area contributed by atoms with Crippen LogP contribution in [0.5, 0.6) is 0 Å². The van der Waals surface area contributed by atoms with Gasteiger partial charge in [0.05, 0.1) is 12.5 Å². The number of imide groups is 1. The Balaban J connectivity index is 1.35. The molecular formula is C33H48N4O7. The first kappa shape index (κ1) is 34.7. The first-order valence-corrected chi connectivity index (χ1v) is 15.8. The third kappa shape index (κ3) is 8.89. The first-order chi connectivity index (χ1) is 20.9. The normalized spacial score (nSPS) is 18.2. The Kier molecular flexibility index (Phi) is 12.5. The van der Waals surface area contributed by atoms with Crippen LogP contribution in [-0.2, 0) is 40.1 Å². The van der Waals surface area contributed by atoms with Crippen LogP contribution in [0.1, 0.15) is 85.1 Å². The number of nitrogens with one attached hydrogen (secondary N) is 3. The van der Waals surface area contributed by atoms with Gasteiger partial charge in [0.15, 0.2) is 0 Å². The number of carbonyl (C=O) groups excluding carboxylic acids is 6. The largest absolute Gasteiger partial charge is 0.461 e. The van der Waals surface area contributed by atoms with Crippen molar-refractivity contribution in [1.29, 1.82) is 0 Å². The number of esters is 1. The Morgan fingerprint density at radius 1 is 0.932 bits per heavy atom. The van der Waals surface area contributed by atoms with Crippen LogP contribution in [0.2, 0.25) is 0 Å². The molecule has 2 atom stereocenters. The lowest BCUT2D eigenvalue weighted by Crippen LogP contribution is -2.56. The van der Waals surface area contributed by atoms with Gasteiger partial charge in [-0.05, 0) is 61.6 Å². The van der Waals surface area contributed by atoms with Crippen molar-refractivity contribution in [3.05, 3.63) is 29.8 Å². The Labute approximate surface area is 260 Å². The maximum Gasteiger partial charge on any atom is 0.309 e. The van der Waals surface area contributed by atoms with Crippen molar-refractivity contribution in [3.63, 3.8) is 0 Å². The standard InChI is InChI=1S/C33H48N4O7/c1-21(2)23(5)30(41)44-20-24-10-12-25(13-11-24)36-27(38)19-35-32(43)33(14-9-15-33)31(42)34-16-7-6-8-17-37-28(39)18-26(22(3)4)29(37)40/h10-13,21-23,26H,6-9,14-20H2,1-5H3,(H,34,42)(H,35,43)(H,36,38). The minimum absolute atomic E-state index is 0.0886. The lowest BCUT2D eigenvalue weighted by atomic mass is 9.67. The summed E-state index contributed by atoms with van der Waals surface area (Å²) >= 11 is 0. The molecule has 1 aromatic rings. The predicted octanol–water partition coefficient (Wildman–Crippen LogP) is 3.56. The Morgan fingerprint density at radius 2 is 1.59 bits per heavy atom. The Hall–Kier alpha value is -3.76. The lowest BCUT2D eigenvalue weighted by Gasteiger charge is -2.38. The van der Waals surface area contributed by atoms with Crippen molar-refractivity contribution in [2.45, 2.75) is 86.2 Å². The zero-order chi connectivity index (χ0) is 32.4. The molecule has 2 fully saturated rings. The number of carbonyl (C=O) groups is 6. The topological polar surface area (TPSA) is 151 Å². The number of amides is 5. The summed E-state index contributed by atoms with van der Waals surface area (Å²) in [6.07, 6.45) is 3.92. The molecule has 1 aromatic carbocycles.